The van der Waals surface area contributed by atoms with Crippen LogP contribution in [0.4, 0.5) is 5.82 Å². The Bertz CT molecular complexity index is 491. The van der Waals surface area contributed by atoms with Crippen molar-refractivity contribution in [3.8, 4) is 0 Å². The Labute approximate surface area is 102 Å². The van der Waals surface area contributed by atoms with Gasteiger partial charge >= 0.3 is 0 Å². The molecule has 0 bridgehead atoms. The van der Waals surface area contributed by atoms with E-state index in [0.29, 0.717) is 11.9 Å². The summed E-state index contributed by atoms with van der Waals surface area (Å²) in [7, 11) is 0. The van der Waals surface area contributed by atoms with E-state index in [1.165, 1.54) is 6.33 Å². The van der Waals surface area contributed by atoms with Gasteiger partial charge in [0.2, 0.25) is 0 Å². The maximum atomic E-state index is 5.84. The van der Waals surface area contributed by atoms with E-state index in [-0.39, 0.29) is 0 Å². The second-order valence-corrected chi connectivity index (χ2v) is 4.76. The third-order valence-corrected chi connectivity index (χ3v) is 3.48. The minimum Gasteiger partial charge on any atom is -0.383 e. The predicted octanol–water partition coefficient (Wildman–Crippen LogP) is 2.59. The van der Waals surface area contributed by atoms with Gasteiger partial charge in [-0.25, -0.2) is 9.97 Å². The molecule has 15 heavy (non-hydrogen) atoms. The van der Waals surface area contributed by atoms with Crippen molar-refractivity contribution in [3.63, 3.8) is 0 Å². The Balaban J connectivity index is 2.73. The van der Waals surface area contributed by atoms with Crippen molar-refractivity contribution in [1.29, 1.82) is 0 Å². The fourth-order valence-electron chi connectivity index (χ4n) is 1.59. The standard InChI is InChI=1S/C10H13IN4/c1-3-6(2)15-4-7(11)8-9(12)13-5-14-10(8)15/h4-6H,3H2,1-2H3,(H2,12,13,14). The van der Waals surface area contributed by atoms with Crippen LogP contribution in [0.5, 0.6) is 0 Å². The molecule has 0 aliphatic carbocycles. The first-order valence-corrected chi connectivity index (χ1v) is 5.99. The molecule has 2 heterocycles. The van der Waals surface area contributed by atoms with E-state index in [1.54, 1.807) is 0 Å². The van der Waals surface area contributed by atoms with Crippen LogP contribution in [0.25, 0.3) is 11.0 Å². The zero-order valence-electron chi connectivity index (χ0n) is 8.74. The summed E-state index contributed by atoms with van der Waals surface area (Å²) in [6.07, 6.45) is 4.68. The van der Waals surface area contributed by atoms with Gasteiger partial charge in [0.1, 0.15) is 17.8 Å². The Hall–Kier alpha value is -0.850. The molecule has 0 amide bonds. The summed E-state index contributed by atoms with van der Waals surface area (Å²) in [5.41, 5.74) is 6.77. The molecule has 1 atom stereocenters. The number of halogens is 1. The smallest absolute Gasteiger partial charge is 0.146 e. The van der Waals surface area contributed by atoms with Crippen molar-refractivity contribution in [2.45, 2.75) is 26.3 Å². The van der Waals surface area contributed by atoms with Gasteiger partial charge in [0.05, 0.1) is 5.39 Å². The first kappa shape index (κ1) is 10.7. The fourth-order valence-corrected chi connectivity index (χ4v) is 2.41. The number of fused-ring (bicyclic) bond motifs is 1. The molecule has 5 heteroatoms. The molecular weight excluding hydrogens is 303 g/mol. The normalized spacial score (nSPS) is 13.3. The van der Waals surface area contributed by atoms with Crippen molar-refractivity contribution in [3.05, 3.63) is 16.1 Å². The van der Waals surface area contributed by atoms with Crippen molar-refractivity contribution < 1.29 is 0 Å². The predicted molar refractivity (Wildman–Crippen MR) is 69.7 cm³/mol. The van der Waals surface area contributed by atoms with Gasteiger partial charge in [-0.3, -0.25) is 0 Å². The van der Waals surface area contributed by atoms with E-state index in [0.717, 1.165) is 21.0 Å². The lowest BCUT2D eigenvalue weighted by molar-refractivity contribution is 0.544. The average molecular weight is 316 g/mol. The molecule has 0 aliphatic heterocycles. The molecule has 80 valence electrons. The second-order valence-electron chi connectivity index (χ2n) is 3.60. The third kappa shape index (κ3) is 1.68. The highest BCUT2D eigenvalue weighted by atomic mass is 127. The summed E-state index contributed by atoms with van der Waals surface area (Å²) in [5, 5.41) is 0.971. The summed E-state index contributed by atoms with van der Waals surface area (Å²) in [6.45, 7) is 4.34. The minimum atomic E-state index is 0.435. The van der Waals surface area contributed by atoms with Crippen molar-refractivity contribution in [1.82, 2.24) is 14.5 Å². The van der Waals surface area contributed by atoms with Crippen molar-refractivity contribution in [2.75, 3.05) is 5.73 Å². The highest BCUT2D eigenvalue weighted by Crippen LogP contribution is 2.28. The summed E-state index contributed by atoms with van der Waals surface area (Å²) < 4.78 is 3.27. The van der Waals surface area contributed by atoms with Crippen LogP contribution in [-0.2, 0) is 0 Å². The van der Waals surface area contributed by atoms with Crippen LogP contribution >= 0.6 is 22.6 Å². The maximum absolute atomic E-state index is 5.84. The summed E-state index contributed by atoms with van der Waals surface area (Å²) in [4.78, 5) is 8.31. The van der Waals surface area contributed by atoms with E-state index in [1.807, 2.05) is 0 Å². The molecule has 2 aromatic heterocycles. The number of hydrogen-bond acceptors (Lipinski definition) is 3. The number of anilines is 1. The van der Waals surface area contributed by atoms with Gasteiger partial charge in [0.15, 0.2) is 0 Å². The molecule has 2 rings (SSSR count). The maximum Gasteiger partial charge on any atom is 0.146 e. The van der Waals surface area contributed by atoms with Crippen LogP contribution in [0.15, 0.2) is 12.5 Å². The van der Waals surface area contributed by atoms with Crippen LogP contribution in [0.1, 0.15) is 26.3 Å². The lowest BCUT2D eigenvalue weighted by atomic mass is 10.2. The van der Waals surface area contributed by atoms with Crippen LogP contribution in [0.2, 0.25) is 0 Å². The number of nitrogen functional groups attached to an aromatic ring is 1. The van der Waals surface area contributed by atoms with E-state index in [4.69, 9.17) is 5.73 Å². The SMILES string of the molecule is CCC(C)n1cc(I)c2c(N)ncnc21. The zero-order chi connectivity index (χ0) is 11.0. The number of nitrogens with two attached hydrogens (primary N) is 1. The van der Waals surface area contributed by atoms with E-state index >= 15 is 0 Å². The topological polar surface area (TPSA) is 56.7 Å². The molecule has 0 fully saturated rings. The Kier molecular flexibility index (Phi) is 2.81. The Morgan fingerprint density at radius 1 is 1.53 bits per heavy atom. The quantitative estimate of drug-likeness (QED) is 0.867. The number of nitrogens with zero attached hydrogens (tertiary/aromatic N) is 3. The molecule has 1 unspecified atom stereocenters. The monoisotopic (exact) mass is 316 g/mol. The van der Waals surface area contributed by atoms with Gasteiger partial charge in [0.25, 0.3) is 0 Å². The second kappa shape index (κ2) is 3.96. The minimum absolute atomic E-state index is 0.435. The molecule has 0 aliphatic rings. The van der Waals surface area contributed by atoms with E-state index in [2.05, 4.69) is 57.2 Å². The highest BCUT2D eigenvalue weighted by Gasteiger charge is 2.13. The lowest BCUT2D eigenvalue weighted by Gasteiger charge is -2.11. The van der Waals surface area contributed by atoms with Gasteiger partial charge in [-0.1, -0.05) is 6.92 Å². The van der Waals surface area contributed by atoms with Gasteiger partial charge in [-0.2, -0.15) is 0 Å². The highest BCUT2D eigenvalue weighted by molar-refractivity contribution is 14.1. The molecule has 0 spiro atoms. The Morgan fingerprint density at radius 3 is 2.93 bits per heavy atom. The molecule has 4 nitrogen and oxygen atoms in total. The number of aromatic nitrogens is 3. The summed E-state index contributed by atoms with van der Waals surface area (Å²) >= 11 is 2.27. The first-order chi connectivity index (χ1) is 7.15. The summed E-state index contributed by atoms with van der Waals surface area (Å²) in [6, 6.07) is 0.435. The molecule has 0 aromatic carbocycles. The van der Waals surface area contributed by atoms with Gasteiger partial charge in [0, 0.05) is 15.8 Å². The fraction of sp³-hybridized carbons (Fsp3) is 0.400. The van der Waals surface area contributed by atoms with Crippen LogP contribution < -0.4 is 5.73 Å². The van der Waals surface area contributed by atoms with E-state index < -0.39 is 0 Å². The van der Waals surface area contributed by atoms with Gasteiger partial charge < -0.3 is 10.3 Å². The van der Waals surface area contributed by atoms with E-state index in [9.17, 15) is 0 Å². The molecule has 2 N–H and O–H groups in total. The lowest BCUT2D eigenvalue weighted by Crippen LogP contribution is -2.03. The first-order valence-electron chi connectivity index (χ1n) is 4.91. The Morgan fingerprint density at radius 2 is 2.27 bits per heavy atom. The summed E-state index contributed by atoms with van der Waals surface area (Å²) in [5.74, 6) is 0.562. The van der Waals surface area contributed by atoms with Gasteiger partial charge in [-0.15, -0.1) is 0 Å². The number of rotatable bonds is 2. The molecule has 0 saturated heterocycles. The molecule has 0 saturated carbocycles. The molecule has 2 aromatic rings. The van der Waals surface area contributed by atoms with Crippen LogP contribution in [-0.4, -0.2) is 14.5 Å². The average Bonchev–Trinajstić information content (AvgIpc) is 2.56. The van der Waals surface area contributed by atoms with Crippen molar-refractivity contribution >= 4 is 39.4 Å². The van der Waals surface area contributed by atoms with Crippen molar-refractivity contribution in [2.24, 2.45) is 0 Å². The van der Waals surface area contributed by atoms with Crippen LogP contribution in [0, 0.1) is 3.57 Å². The zero-order valence-corrected chi connectivity index (χ0v) is 10.9. The van der Waals surface area contributed by atoms with Gasteiger partial charge in [-0.05, 0) is 35.9 Å². The number of hydrogen-bond donors (Lipinski definition) is 1. The largest absolute Gasteiger partial charge is 0.383 e. The molecule has 0 radical (unpaired) electrons. The third-order valence-electron chi connectivity index (χ3n) is 2.66. The van der Waals surface area contributed by atoms with Crippen LogP contribution in [0.3, 0.4) is 0 Å². The molecular formula is C10H13IN4.